The van der Waals surface area contributed by atoms with Gasteiger partial charge in [-0.25, -0.2) is 0 Å². The maximum atomic E-state index is 5.85. The summed E-state index contributed by atoms with van der Waals surface area (Å²) >= 11 is 2.06. The maximum Gasteiger partial charge on any atom is 0.0446 e. The molecule has 2 N–H and O–H groups in total. The van der Waals surface area contributed by atoms with Crippen LogP contribution in [-0.2, 0) is 6.54 Å². The minimum atomic E-state index is 0.601. The van der Waals surface area contributed by atoms with Crippen LogP contribution >= 0.6 is 11.8 Å². The van der Waals surface area contributed by atoms with Crippen LogP contribution in [0, 0.1) is 0 Å². The summed E-state index contributed by atoms with van der Waals surface area (Å²) in [6, 6.07) is 13.7. The Labute approximate surface area is 119 Å². The first-order valence-electron chi connectivity index (χ1n) is 6.82. The van der Waals surface area contributed by atoms with Crippen LogP contribution in [-0.4, -0.2) is 24.6 Å². The minimum absolute atomic E-state index is 0.601. The minimum Gasteiger partial charge on any atom is -0.370 e. The Bertz CT molecular complexity index is 576. The molecule has 1 aliphatic rings. The third-order valence-corrected chi connectivity index (χ3v) is 5.19. The van der Waals surface area contributed by atoms with Crippen molar-refractivity contribution in [2.75, 3.05) is 23.5 Å². The molecule has 0 aliphatic carbocycles. The molecule has 0 saturated carbocycles. The lowest BCUT2D eigenvalue weighted by Gasteiger charge is -2.28. The molecule has 1 fully saturated rings. The second-order valence-electron chi connectivity index (χ2n) is 5.12. The van der Waals surface area contributed by atoms with Crippen LogP contribution in [0.25, 0.3) is 10.8 Å². The fourth-order valence-electron chi connectivity index (χ4n) is 2.86. The highest BCUT2D eigenvalue weighted by molar-refractivity contribution is 7.99. The van der Waals surface area contributed by atoms with Crippen LogP contribution in [0.1, 0.15) is 12.0 Å². The number of hydrogen-bond donors (Lipinski definition) is 1. The molecular weight excluding hydrogens is 252 g/mol. The van der Waals surface area contributed by atoms with Crippen molar-refractivity contribution in [1.29, 1.82) is 0 Å². The van der Waals surface area contributed by atoms with Crippen molar-refractivity contribution in [3.8, 4) is 0 Å². The third kappa shape index (κ3) is 2.33. The van der Waals surface area contributed by atoms with Gasteiger partial charge in [0.2, 0.25) is 0 Å². The molecule has 3 heteroatoms. The molecule has 2 aromatic rings. The molecule has 2 aromatic carbocycles. The van der Waals surface area contributed by atoms with E-state index >= 15 is 0 Å². The lowest BCUT2D eigenvalue weighted by molar-refractivity contribution is 0.702. The highest BCUT2D eigenvalue weighted by Gasteiger charge is 2.21. The molecular formula is C16H20N2S. The third-order valence-electron chi connectivity index (χ3n) is 4.04. The van der Waals surface area contributed by atoms with Crippen molar-refractivity contribution in [1.82, 2.24) is 0 Å². The Morgan fingerprint density at radius 2 is 2.00 bits per heavy atom. The van der Waals surface area contributed by atoms with Gasteiger partial charge in [-0.15, -0.1) is 0 Å². The van der Waals surface area contributed by atoms with E-state index in [4.69, 9.17) is 5.73 Å². The van der Waals surface area contributed by atoms with Crippen molar-refractivity contribution < 1.29 is 0 Å². The lowest BCUT2D eigenvalue weighted by atomic mass is 10.0. The van der Waals surface area contributed by atoms with Crippen LogP contribution in [0.4, 0.5) is 5.69 Å². The van der Waals surface area contributed by atoms with Gasteiger partial charge in [-0.2, -0.15) is 11.8 Å². The molecule has 3 rings (SSSR count). The predicted octanol–water partition coefficient (Wildman–Crippen LogP) is 3.24. The van der Waals surface area contributed by atoms with E-state index in [2.05, 4.69) is 60.1 Å². The SMILES string of the molecule is CN(c1ccc(CN)c2ccccc12)C1CCSC1. The van der Waals surface area contributed by atoms with E-state index in [1.807, 2.05) is 0 Å². The summed E-state index contributed by atoms with van der Waals surface area (Å²) in [7, 11) is 2.22. The molecule has 0 spiro atoms. The Morgan fingerprint density at radius 3 is 2.68 bits per heavy atom. The number of nitrogens with zero attached hydrogens (tertiary/aromatic N) is 1. The molecule has 0 aromatic heterocycles. The van der Waals surface area contributed by atoms with Crippen molar-refractivity contribution in [3.05, 3.63) is 42.0 Å². The summed E-state index contributed by atoms with van der Waals surface area (Å²) in [5.41, 5.74) is 8.41. The Hall–Kier alpha value is -1.19. The predicted molar refractivity (Wildman–Crippen MR) is 86.0 cm³/mol. The zero-order valence-corrected chi connectivity index (χ0v) is 12.1. The summed E-state index contributed by atoms with van der Waals surface area (Å²) in [5.74, 6) is 2.53. The molecule has 0 bridgehead atoms. The summed E-state index contributed by atoms with van der Waals surface area (Å²) < 4.78 is 0. The van der Waals surface area contributed by atoms with Crippen LogP contribution < -0.4 is 10.6 Å². The zero-order chi connectivity index (χ0) is 13.2. The second kappa shape index (κ2) is 5.43. The quantitative estimate of drug-likeness (QED) is 0.930. The number of benzene rings is 2. The monoisotopic (exact) mass is 272 g/mol. The molecule has 1 atom stereocenters. The van der Waals surface area contributed by atoms with Crippen molar-refractivity contribution in [2.24, 2.45) is 5.73 Å². The lowest BCUT2D eigenvalue weighted by Crippen LogP contribution is -2.31. The van der Waals surface area contributed by atoms with Gasteiger partial charge in [0, 0.05) is 36.5 Å². The summed E-state index contributed by atoms with van der Waals surface area (Å²) in [6.45, 7) is 0.601. The fourth-order valence-corrected chi connectivity index (χ4v) is 4.12. The smallest absolute Gasteiger partial charge is 0.0446 e. The Morgan fingerprint density at radius 1 is 1.21 bits per heavy atom. The first-order valence-corrected chi connectivity index (χ1v) is 7.98. The standard InChI is InChI=1S/C16H20N2S/c1-18(13-8-9-19-11-13)16-7-6-12(10-17)14-4-2-3-5-15(14)16/h2-7,13H,8-11,17H2,1H3. The van der Waals surface area contributed by atoms with Crippen molar-refractivity contribution >= 4 is 28.2 Å². The van der Waals surface area contributed by atoms with Gasteiger partial charge in [-0.1, -0.05) is 30.3 Å². The molecule has 100 valence electrons. The molecule has 1 saturated heterocycles. The summed E-state index contributed by atoms with van der Waals surface area (Å²) in [4.78, 5) is 2.45. The molecule has 0 radical (unpaired) electrons. The normalized spacial score (nSPS) is 18.9. The van der Waals surface area contributed by atoms with Crippen molar-refractivity contribution in [2.45, 2.75) is 19.0 Å². The molecule has 1 unspecified atom stereocenters. The van der Waals surface area contributed by atoms with E-state index in [9.17, 15) is 0 Å². The summed E-state index contributed by atoms with van der Waals surface area (Å²) in [5, 5.41) is 2.62. The van der Waals surface area contributed by atoms with Gasteiger partial charge >= 0.3 is 0 Å². The van der Waals surface area contributed by atoms with Crippen LogP contribution in [0.2, 0.25) is 0 Å². The van der Waals surface area contributed by atoms with E-state index in [1.54, 1.807) is 0 Å². The molecule has 1 aliphatic heterocycles. The highest BCUT2D eigenvalue weighted by atomic mass is 32.2. The fraction of sp³-hybridized carbons (Fsp3) is 0.375. The van der Waals surface area contributed by atoms with Crippen LogP contribution in [0.3, 0.4) is 0 Å². The Kier molecular flexibility index (Phi) is 3.67. The number of thioether (sulfide) groups is 1. The average molecular weight is 272 g/mol. The van der Waals surface area contributed by atoms with Gasteiger partial charge < -0.3 is 10.6 Å². The average Bonchev–Trinajstić information content (AvgIpc) is 2.99. The van der Waals surface area contributed by atoms with E-state index in [-0.39, 0.29) is 0 Å². The van der Waals surface area contributed by atoms with E-state index < -0.39 is 0 Å². The van der Waals surface area contributed by atoms with E-state index in [0.717, 1.165) is 0 Å². The van der Waals surface area contributed by atoms with Crippen molar-refractivity contribution in [3.63, 3.8) is 0 Å². The van der Waals surface area contributed by atoms with E-state index in [1.165, 1.54) is 39.9 Å². The van der Waals surface area contributed by atoms with E-state index in [0.29, 0.717) is 12.6 Å². The highest BCUT2D eigenvalue weighted by Crippen LogP contribution is 2.32. The van der Waals surface area contributed by atoms with Gasteiger partial charge in [-0.05, 0) is 29.2 Å². The zero-order valence-electron chi connectivity index (χ0n) is 11.3. The number of hydrogen-bond acceptors (Lipinski definition) is 3. The molecule has 1 heterocycles. The van der Waals surface area contributed by atoms with Gasteiger partial charge in [-0.3, -0.25) is 0 Å². The number of rotatable bonds is 3. The molecule has 0 amide bonds. The molecule has 2 nitrogen and oxygen atoms in total. The van der Waals surface area contributed by atoms with Gasteiger partial charge in [0.05, 0.1) is 0 Å². The largest absolute Gasteiger partial charge is 0.370 e. The topological polar surface area (TPSA) is 29.3 Å². The number of fused-ring (bicyclic) bond motifs is 1. The summed E-state index contributed by atoms with van der Waals surface area (Å²) in [6.07, 6.45) is 1.29. The van der Waals surface area contributed by atoms with Crippen LogP contribution in [0.15, 0.2) is 36.4 Å². The van der Waals surface area contributed by atoms with Gasteiger partial charge in [0.1, 0.15) is 0 Å². The first kappa shape index (κ1) is 12.8. The maximum absolute atomic E-state index is 5.85. The van der Waals surface area contributed by atoms with Gasteiger partial charge in [0.25, 0.3) is 0 Å². The van der Waals surface area contributed by atoms with Gasteiger partial charge in [0.15, 0.2) is 0 Å². The number of anilines is 1. The Balaban J connectivity index is 2.08. The number of nitrogens with two attached hydrogens (primary N) is 1. The van der Waals surface area contributed by atoms with Crippen LogP contribution in [0.5, 0.6) is 0 Å². The molecule has 19 heavy (non-hydrogen) atoms. The second-order valence-corrected chi connectivity index (χ2v) is 6.27. The first-order chi connectivity index (χ1) is 9.31.